The number of hydrogen-bond donors (Lipinski definition) is 1. The maximum atomic E-state index is 11.8. The van der Waals surface area contributed by atoms with E-state index in [0.29, 0.717) is 23.6 Å². The summed E-state index contributed by atoms with van der Waals surface area (Å²) in [5.41, 5.74) is 1.07. The van der Waals surface area contributed by atoms with Crippen molar-refractivity contribution in [3.05, 3.63) is 54.1 Å². The molecule has 0 aliphatic rings. The van der Waals surface area contributed by atoms with E-state index in [9.17, 15) is 14.4 Å². The number of carbonyl (C=O) groups is 3. The molecule has 2 aromatic rings. The number of Topliss-reactive ketones (excluding diaryl/α,β-unsaturated/α-hetero) is 1. The SMILES string of the molecule is CCOc1ccc(OCCC(=O)OCC(=O)Nc2ccc(C(C)=O)cc2)cc1. The Morgan fingerprint density at radius 3 is 2.07 bits per heavy atom. The molecule has 0 aliphatic heterocycles. The summed E-state index contributed by atoms with van der Waals surface area (Å²) < 4.78 is 15.7. The molecule has 0 atom stereocenters. The van der Waals surface area contributed by atoms with Gasteiger partial charge < -0.3 is 19.5 Å². The van der Waals surface area contributed by atoms with E-state index in [2.05, 4.69) is 5.32 Å². The molecular formula is C21H23NO6. The van der Waals surface area contributed by atoms with Crippen molar-refractivity contribution in [3.8, 4) is 11.5 Å². The first-order valence-electron chi connectivity index (χ1n) is 8.90. The molecule has 0 radical (unpaired) electrons. The number of ketones is 1. The summed E-state index contributed by atoms with van der Waals surface area (Å²) in [7, 11) is 0. The van der Waals surface area contributed by atoms with Crippen LogP contribution in [-0.4, -0.2) is 37.5 Å². The van der Waals surface area contributed by atoms with Gasteiger partial charge in [0, 0.05) is 11.3 Å². The molecule has 0 aromatic heterocycles. The summed E-state index contributed by atoms with van der Waals surface area (Å²) in [6, 6.07) is 13.5. The van der Waals surface area contributed by atoms with E-state index in [0.717, 1.165) is 5.75 Å². The van der Waals surface area contributed by atoms with E-state index in [4.69, 9.17) is 14.2 Å². The molecule has 0 saturated heterocycles. The monoisotopic (exact) mass is 385 g/mol. The minimum Gasteiger partial charge on any atom is -0.494 e. The zero-order valence-corrected chi connectivity index (χ0v) is 15.9. The Bertz CT molecular complexity index is 799. The Kier molecular flexibility index (Phi) is 8.02. The summed E-state index contributed by atoms with van der Waals surface area (Å²) in [5.74, 6) is 0.308. The van der Waals surface area contributed by atoms with Gasteiger partial charge in [-0.15, -0.1) is 0 Å². The van der Waals surface area contributed by atoms with Crippen LogP contribution in [0.5, 0.6) is 11.5 Å². The standard InChI is InChI=1S/C21H23NO6/c1-3-26-18-8-10-19(11-9-18)27-13-12-21(25)28-14-20(24)22-17-6-4-16(5-7-17)15(2)23/h4-11H,3,12-14H2,1-2H3,(H,22,24). The predicted molar refractivity (Wildman–Crippen MR) is 104 cm³/mol. The fourth-order valence-corrected chi connectivity index (χ4v) is 2.25. The largest absolute Gasteiger partial charge is 0.494 e. The molecule has 28 heavy (non-hydrogen) atoms. The van der Waals surface area contributed by atoms with Crippen LogP contribution in [-0.2, 0) is 14.3 Å². The number of ether oxygens (including phenoxy) is 3. The Morgan fingerprint density at radius 2 is 1.50 bits per heavy atom. The van der Waals surface area contributed by atoms with Crippen molar-refractivity contribution in [2.24, 2.45) is 0 Å². The number of amides is 1. The van der Waals surface area contributed by atoms with Gasteiger partial charge in [0.05, 0.1) is 19.6 Å². The molecule has 0 saturated carbocycles. The highest BCUT2D eigenvalue weighted by Gasteiger charge is 2.09. The van der Waals surface area contributed by atoms with Crippen molar-refractivity contribution in [1.29, 1.82) is 0 Å². The van der Waals surface area contributed by atoms with Gasteiger partial charge in [-0.25, -0.2) is 0 Å². The van der Waals surface area contributed by atoms with Crippen LogP contribution in [0.3, 0.4) is 0 Å². The lowest BCUT2D eigenvalue weighted by molar-refractivity contribution is -0.147. The highest BCUT2D eigenvalue weighted by atomic mass is 16.5. The van der Waals surface area contributed by atoms with Crippen LogP contribution in [0.15, 0.2) is 48.5 Å². The Balaban J connectivity index is 1.66. The molecule has 1 N–H and O–H groups in total. The number of esters is 1. The summed E-state index contributed by atoms with van der Waals surface area (Å²) in [6.45, 7) is 3.70. The van der Waals surface area contributed by atoms with Gasteiger partial charge in [-0.05, 0) is 62.4 Å². The third kappa shape index (κ3) is 7.11. The fourth-order valence-electron chi connectivity index (χ4n) is 2.25. The highest BCUT2D eigenvalue weighted by molar-refractivity contribution is 5.96. The molecule has 1 amide bonds. The van der Waals surface area contributed by atoms with Crippen LogP contribution in [0.25, 0.3) is 0 Å². The molecule has 148 valence electrons. The number of carbonyl (C=O) groups excluding carboxylic acids is 3. The van der Waals surface area contributed by atoms with E-state index in [1.807, 2.05) is 6.92 Å². The van der Waals surface area contributed by atoms with Crippen LogP contribution in [0.1, 0.15) is 30.6 Å². The van der Waals surface area contributed by atoms with Gasteiger partial charge in [0.15, 0.2) is 12.4 Å². The number of anilines is 1. The van der Waals surface area contributed by atoms with Crippen LogP contribution >= 0.6 is 0 Å². The molecule has 0 bridgehead atoms. The second kappa shape index (κ2) is 10.7. The first-order valence-corrected chi connectivity index (χ1v) is 8.90. The van der Waals surface area contributed by atoms with E-state index in [1.54, 1.807) is 48.5 Å². The third-order valence-electron chi connectivity index (χ3n) is 3.65. The summed E-state index contributed by atoms with van der Waals surface area (Å²) in [4.78, 5) is 34.7. The highest BCUT2D eigenvalue weighted by Crippen LogP contribution is 2.17. The summed E-state index contributed by atoms with van der Waals surface area (Å²) in [6.07, 6.45) is 0.0216. The molecule has 7 nitrogen and oxygen atoms in total. The van der Waals surface area contributed by atoms with E-state index < -0.39 is 18.5 Å². The zero-order valence-electron chi connectivity index (χ0n) is 15.9. The van der Waals surface area contributed by atoms with Gasteiger partial charge in [0.1, 0.15) is 11.5 Å². The molecule has 7 heteroatoms. The minimum absolute atomic E-state index is 0.0216. The van der Waals surface area contributed by atoms with Gasteiger partial charge in [0.2, 0.25) is 0 Å². The summed E-state index contributed by atoms with van der Waals surface area (Å²) in [5, 5.41) is 2.59. The maximum Gasteiger partial charge on any atom is 0.309 e. The van der Waals surface area contributed by atoms with Crippen molar-refractivity contribution in [1.82, 2.24) is 0 Å². The van der Waals surface area contributed by atoms with Crippen molar-refractivity contribution in [2.45, 2.75) is 20.3 Å². The lowest BCUT2D eigenvalue weighted by Crippen LogP contribution is -2.21. The lowest BCUT2D eigenvalue weighted by atomic mass is 10.1. The van der Waals surface area contributed by atoms with Crippen LogP contribution in [0.4, 0.5) is 5.69 Å². The van der Waals surface area contributed by atoms with Crippen molar-refractivity contribution >= 4 is 23.3 Å². The molecule has 0 fully saturated rings. The minimum atomic E-state index is -0.534. The Hall–Kier alpha value is -3.35. The zero-order chi connectivity index (χ0) is 20.4. The third-order valence-corrected chi connectivity index (χ3v) is 3.65. The lowest BCUT2D eigenvalue weighted by Gasteiger charge is -2.09. The smallest absolute Gasteiger partial charge is 0.309 e. The van der Waals surface area contributed by atoms with Gasteiger partial charge in [0.25, 0.3) is 5.91 Å². The van der Waals surface area contributed by atoms with Crippen molar-refractivity contribution in [2.75, 3.05) is 25.1 Å². The molecule has 2 aromatic carbocycles. The second-order valence-electron chi connectivity index (χ2n) is 5.85. The molecule has 0 heterocycles. The Labute approximate surface area is 163 Å². The van der Waals surface area contributed by atoms with Gasteiger partial charge >= 0.3 is 5.97 Å². The average Bonchev–Trinajstić information content (AvgIpc) is 2.68. The van der Waals surface area contributed by atoms with Crippen molar-refractivity contribution in [3.63, 3.8) is 0 Å². The number of hydrogen-bond acceptors (Lipinski definition) is 6. The molecular weight excluding hydrogens is 362 g/mol. The predicted octanol–water partition coefficient (Wildman–Crippen LogP) is 3.24. The number of nitrogens with one attached hydrogen (secondary N) is 1. The molecule has 0 unspecified atom stereocenters. The number of rotatable bonds is 10. The first-order chi connectivity index (χ1) is 13.5. The molecule has 0 aliphatic carbocycles. The first kappa shape index (κ1) is 21.0. The quantitative estimate of drug-likeness (QED) is 0.499. The van der Waals surface area contributed by atoms with Gasteiger partial charge in [-0.3, -0.25) is 14.4 Å². The van der Waals surface area contributed by atoms with Gasteiger partial charge in [-0.2, -0.15) is 0 Å². The normalized spacial score (nSPS) is 10.1. The molecule has 2 rings (SSSR count). The fraction of sp³-hybridized carbons (Fsp3) is 0.286. The number of benzene rings is 2. The second-order valence-corrected chi connectivity index (χ2v) is 5.85. The Morgan fingerprint density at radius 1 is 0.893 bits per heavy atom. The average molecular weight is 385 g/mol. The van der Waals surface area contributed by atoms with Crippen LogP contribution in [0.2, 0.25) is 0 Å². The van der Waals surface area contributed by atoms with Crippen molar-refractivity contribution < 1.29 is 28.6 Å². The summed E-state index contributed by atoms with van der Waals surface area (Å²) >= 11 is 0. The van der Waals surface area contributed by atoms with Crippen LogP contribution < -0.4 is 14.8 Å². The maximum absolute atomic E-state index is 11.8. The van der Waals surface area contributed by atoms with E-state index in [1.165, 1.54) is 6.92 Å². The van der Waals surface area contributed by atoms with Crippen LogP contribution in [0, 0.1) is 0 Å². The van der Waals surface area contributed by atoms with E-state index in [-0.39, 0.29) is 18.8 Å². The van der Waals surface area contributed by atoms with Gasteiger partial charge in [-0.1, -0.05) is 0 Å². The van der Waals surface area contributed by atoms with E-state index >= 15 is 0 Å². The topological polar surface area (TPSA) is 90.9 Å². The molecule has 0 spiro atoms.